The fourth-order valence-corrected chi connectivity index (χ4v) is 3.73. The molecule has 0 saturated carbocycles. The highest BCUT2D eigenvalue weighted by molar-refractivity contribution is 7.87. The Morgan fingerprint density at radius 1 is 0.941 bits per heavy atom. The Balaban J connectivity index is 4.92. The van der Waals surface area contributed by atoms with E-state index in [9.17, 15) is 16.8 Å². The summed E-state index contributed by atoms with van der Waals surface area (Å²) in [7, 11) is -5.22. The zero-order chi connectivity index (χ0) is 13.7. The molecule has 0 aromatic rings. The molecule has 0 radical (unpaired) electrons. The smallest absolute Gasteiger partial charge is 0.267 e. The molecule has 0 amide bonds. The first kappa shape index (κ1) is 16.8. The molecule has 1 atom stereocenters. The molecule has 0 aromatic carbocycles. The average molecular weight is 288 g/mol. The lowest BCUT2D eigenvalue weighted by Gasteiger charge is -2.21. The van der Waals surface area contributed by atoms with Crippen LogP contribution in [-0.4, -0.2) is 42.6 Å². The van der Waals surface area contributed by atoms with Crippen LogP contribution in [0.4, 0.5) is 0 Å². The van der Waals surface area contributed by atoms with Gasteiger partial charge in [-0.05, 0) is 11.8 Å². The zero-order valence-corrected chi connectivity index (χ0v) is 12.2. The fourth-order valence-electron chi connectivity index (χ4n) is 1.37. The summed E-state index contributed by atoms with van der Waals surface area (Å²) in [6.45, 7) is 3.68. The predicted octanol–water partition coefficient (Wildman–Crippen LogP) is 0.601. The van der Waals surface area contributed by atoms with Crippen LogP contribution in [0.5, 0.6) is 0 Å². The summed E-state index contributed by atoms with van der Waals surface area (Å²) >= 11 is 0. The lowest BCUT2D eigenvalue weighted by atomic mass is 9.95. The molecular weight excluding hydrogens is 268 g/mol. The molecule has 0 rings (SSSR count). The molecule has 8 heteroatoms. The average Bonchev–Trinajstić information content (AvgIpc) is 2.26. The molecule has 0 aliphatic heterocycles. The van der Waals surface area contributed by atoms with Gasteiger partial charge < -0.3 is 0 Å². The third-order valence-corrected chi connectivity index (χ3v) is 5.48. The van der Waals surface area contributed by atoms with E-state index in [4.69, 9.17) is 0 Å². The van der Waals surface area contributed by atoms with Gasteiger partial charge in [0.15, 0.2) is 0 Å². The summed E-state index contributed by atoms with van der Waals surface area (Å²) in [4.78, 5) is 0. The van der Waals surface area contributed by atoms with Gasteiger partial charge in [0.05, 0.1) is 25.7 Å². The molecule has 17 heavy (non-hydrogen) atoms. The van der Waals surface area contributed by atoms with Crippen molar-refractivity contribution in [2.75, 3.05) is 25.7 Å². The van der Waals surface area contributed by atoms with Crippen molar-refractivity contribution in [3.63, 3.8) is 0 Å². The summed E-state index contributed by atoms with van der Waals surface area (Å²) < 4.78 is 54.1. The van der Waals surface area contributed by atoms with E-state index in [2.05, 4.69) is 8.37 Å². The number of hydrogen-bond acceptors (Lipinski definition) is 6. The van der Waals surface area contributed by atoms with E-state index < -0.39 is 26.2 Å². The maximum absolute atomic E-state index is 11.3. The highest BCUT2D eigenvalue weighted by Crippen LogP contribution is 2.20. The summed E-state index contributed by atoms with van der Waals surface area (Å²) in [6.07, 6.45) is 0.684. The second-order valence-corrected chi connectivity index (χ2v) is 7.49. The standard InChI is InChI=1S/C9H20O6S2/c1-5-8(2)9(6-16(10,11)14-3)7-17(12,13)15-4/h8-9H,5-7H2,1-4H3. The largest absolute Gasteiger partial charge is 0.273 e. The minimum atomic E-state index is -3.67. The van der Waals surface area contributed by atoms with E-state index in [1.54, 1.807) is 6.92 Å². The first-order chi connectivity index (χ1) is 7.67. The highest BCUT2D eigenvalue weighted by atomic mass is 32.2. The van der Waals surface area contributed by atoms with Gasteiger partial charge in [-0.2, -0.15) is 16.8 Å². The molecule has 0 N–H and O–H groups in total. The molecule has 0 saturated heterocycles. The normalized spacial score (nSPS) is 15.1. The molecule has 0 aliphatic rings. The zero-order valence-electron chi connectivity index (χ0n) is 10.5. The first-order valence-corrected chi connectivity index (χ1v) is 8.39. The SMILES string of the molecule is CCC(C)C(CS(=O)(=O)OC)CS(=O)(=O)OC. The molecule has 0 spiro atoms. The Kier molecular flexibility index (Phi) is 6.60. The number of rotatable bonds is 8. The monoisotopic (exact) mass is 288 g/mol. The van der Waals surface area contributed by atoms with Gasteiger partial charge in [0, 0.05) is 0 Å². The molecule has 0 aromatic heterocycles. The van der Waals surface area contributed by atoms with E-state index in [1.165, 1.54) is 0 Å². The van der Waals surface area contributed by atoms with Gasteiger partial charge in [-0.3, -0.25) is 8.37 Å². The molecule has 0 bridgehead atoms. The summed E-state index contributed by atoms with van der Waals surface area (Å²) in [5.41, 5.74) is 0. The lowest BCUT2D eigenvalue weighted by Crippen LogP contribution is -2.29. The highest BCUT2D eigenvalue weighted by Gasteiger charge is 2.28. The van der Waals surface area contributed by atoms with Crippen LogP contribution in [0.15, 0.2) is 0 Å². The predicted molar refractivity (Wildman–Crippen MR) is 64.5 cm³/mol. The third kappa shape index (κ3) is 6.35. The Bertz CT molecular complexity index is 375. The quantitative estimate of drug-likeness (QED) is 0.608. The van der Waals surface area contributed by atoms with Crippen LogP contribution in [0.3, 0.4) is 0 Å². The first-order valence-electron chi connectivity index (χ1n) is 5.24. The van der Waals surface area contributed by atoms with Crippen LogP contribution in [-0.2, 0) is 28.6 Å². The van der Waals surface area contributed by atoms with Crippen molar-refractivity contribution in [2.24, 2.45) is 11.8 Å². The summed E-state index contributed by atoms with van der Waals surface area (Å²) in [6, 6.07) is 0. The van der Waals surface area contributed by atoms with Gasteiger partial charge in [0.2, 0.25) is 0 Å². The molecule has 6 nitrogen and oxygen atoms in total. The van der Waals surface area contributed by atoms with E-state index in [1.807, 2.05) is 6.92 Å². The van der Waals surface area contributed by atoms with Crippen molar-refractivity contribution in [1.29, 1.82) is 0 Å². The van der Waals surface area contributed by atoms with Gasteiger partial charge in [-0.15, -0.1) is 0 Å². The Morgan fingerprint density at radius 3 is 1.53 bits per heavy atom. The molecule has 0 fully saturated rings. The third-order valence-electron chi connectivity index (χ3n) is 2.79. The van der Waals surface area contributed by atoms with E-state index in [0.29, 0.717) is 6.42 Å². The van der Waals surface area contributed by atoms with Crippen molar-refractivity contribution in [3.8, 4) is 0 Å². The van der Waals surface area contributed by atoms with Gasteiger partial charge >= 0.3 is 0 Å². The molecule has 0 aliphatic carbocycles. The van der Waals surface area contributed by atoms with Gasteiger partial charge in [0.1, 0.15) is 0 Å². The molecular formula is C9H20O6S2. The topological polar surface area (TPSA) is 86.7 Å². The van der Waals surface area contributed by atoms with E-state index >= 15 is 0 Å². The van der Waals surface area contributed by atoms with Crippen LogP contribution in [0.2, 0.25) is 0 Å². The minimum Gasteiger partial charge on any atom is -0.273 e. The maximum Gasteiger partial charge on any atom is 0.267 e. The van der Waals surface area contributed by atoms with E-state index in [0.717, 1.165) is 14.2 Å². The van der Waals surface area contributed by atoms with Gasteiger partial charge in [-0.1, -0.05) is 20.3 Å². The summed E-state index contributed by atoms with van der Waals surface area (Å²) in [5.74, 6) is -1.22. The Morgan fingerprint density at radius 2 is 1.29 bits per heavy atom. The van der Waals surface area contributed by atoms with Gasteiger partial charge in [0.25, 0.3) is 20.2 Å². The van der Waals surface area contributed by atoms with E-state index in [-0.39, 0.29) is 17.4 Å². The van der Waals surface area contributed by atoms with Crippen molar-refractivity contribution in [2.45, 2.75) is 20.3 Å². The second-order valence-electron chi connectivity index (χ2n) is 3.93. The van der Waals surface area contributed by atoms with Crippen molar-refractivity contribution in [3.05, 3.63) is 0 Å². The van der Waals surface area contributed by atoms with Crippen molar-refractivity contribution < 1.29 is 25.2 Å². The van der Waals surface area contributed by atoms with Gasteiger partial charge in [-0.25, -0.2) is 0 Å². The van der Waals surface area contributed by atoms with Crippen LogP contribution in [0, 0.1) is 11.8 Å². The van der Waals surface area contributed by atoms with Crippen LogP contribution < -0.4 is 0 Å². The Hall–Kier alpha value is -0.180. The molecule has 104 valence electrons. The summed E-state index contributed by atoms with van der Waals surface area (Å²) in [5, 5.41) is 0. The van der Waals surface area contributed by atoms with Crippen molar-refractivity contribution in [1.82, 2.24) is 0 Å². The van der Waals surface area contributed by atoms with Crippen LogP contribution in [0.1, 0.15) is 20.3 Å². The van der Waals surface area contributed by atoms with Crippen LogP contribution in [0.25, 0.3) is 0 Å². The molecule has 1 unspecified atom stereocenters. The fraction of sp³-hybridized carbons (Fsp3) is 1.00. The Labute approximate surface area is 104 Å². The maximum atomic E-state index is 11.3. The minimum absolute atomic E-state index is 0.0511. The number of hydrogen-bond donors (Lipinski definition) is 0. The molecule has 0 heterocycles. The lowest BCUT2D eigenvalue weighted by molar-refractivity contribution is 0.348. The van der Waals surface area contributed by atoms with Crippen molar-refractivity contribution >= 4 is 20.2 Å². The second kappa shape index (κ2) is 6.67. The van der Waals surface area contributed by atoms with Crippen LogP contribution >= 0.6 is 0 Å².